The van der Waals surface area contributed by atoms with Gasteiger partial charge in [0.05, 0.1) is 5.94 Å². The Morgan fingerprint density at radius 3 is 2.46 bits per heavy atom. The maximum atomic E-state index is 12.0. The highest BCUT2D eigenvalue weighted by Crippen LogP contribution is 2.21. The fourth-order valence-corrected chi connectivity index (χ4v) is 2.65. The SMILES string of the molecule is CC(C)C[C@H](NC(=O)CCC(=O)Cc1cc(Cl)ccc1Cl)B(O)O. The van der Waals surface area contributed by atoms with Crippen LogP contribution in [0, 0.1) is 5.92 Å². The molecule has 1 atom stereocenters. The van der Waals surface area contributed by atoms with Crippen LogP contribution < -0.4 is 5.32 Å². The van der Waals surface area contributed by atoms with Gasteiger partial charge in [0.15, 0.2) is 0 Å². The molecule has 0 aliphatic rings. The largest absolute Gasteiger partial charge is 0.475 e. The van der Waals surface area contributed by atoms with Crippen LogP contribution in [0.1, 0.15) is 38.7 Å². The maximum Gasteiger partial charge on any atom is 0.475 e. The van der Waals surface area contributed by atoms with Gasteiger partial charge in [-0.25, -0.2) is 0 Å². The summed E-state index contributed by atoms with van der Waals surface area (Å²) in [5.41, 5.74) is 0.623. The van der Waals surface area contributed by atoms with Gasteiger partial charge in [0.2, 0.25) is 5.91 Å². The average molecular weight is 374 g/mol. The number of hydrogen-bond donors (Lipinski definition) is 3. The summed E-state index contributed by atoms with van der Waals surface area (Å²) in [7, 11) is -1.63. The Hall–Kier alpha value is -1.08. The zero-order chi connectivity index (χ0) is 18.3. The van der Waals surface area contributed by atoms with Gasteiger partial charge in [-0.05, 0) is 36.1 Å². The van der Waals surface area contributed by atoms with Crippen LogP contribution in [0.25, 0.3) is 0 Å². The van der Waals surface area contributed by atoms with E-state index in [1.807, 2.05) is 13.8 Å². The van der Waals surface area contributed by atoms with E-state index in [-0.39, 0.29) is 36.9 Å². The molecule has 24 heavy (non-hydrogen) atoms. The lowest BCUT2D eigenvalue weighted by molar-refractivity contribution is -0.125. The maximum absolute atomic E-state index is 12.0. The highest BCUT2D eigenvalue weighted by atomic mass is 35.5. The minimum atomic E-state index is -1.63. The molecule has 0 saturated carbocycles. The molecule has 1 amide bonds. The second-order valence-electron chi connectivity index (χ2n) is 6.17. The molecule has 0 radical (unpaired) electrons. The molecule has 1 rings (SSSR count). The van der Waals surface area contributed by atoms with Crippen LogP contribution in [-0.4, -0.2) is 34.8 Å². The van der Waals surface area contributed by atoms with E-state index in [9.17, 15) is 19.6 Å². The lowest BCUT2D eigenvalue weighted by Crippen LogP contribution is -2.47. The van der Waals surface area contributed by atoms with E-state index in [1.54, 1.807) is 18.2 Å². The van der Waals surface area contributed by atoms with Crippen molar-refractivity contribution in [2.45, 2.75) is 45.5 Å². The zero-order valence-corrected chi connectivity index (χ0v) is 15.3. The zero-order valence-electron chi connectivity index (χ0n) is 13.8. The average Bonchev–Trinajstić information content (AvgIpc) is 2.47. The second-order valence-corrected chi connectivity index (χ2v) is 7.01. The number of Topliss-reactive ketones (excluding diaryl/α,β-unsaturated/α-hetero) is 1. The highest BCUT2D eigenvalue weighted by molar-refractivity contribution is 6.43. The Kier molecular flexibility index (Phi) is 8.77. The number of ketones is 1. The first-order valence-electron chi connectivity index (χ1n) is 7.80. The first kappa shape index (κ1) is 21.0. The smallest absolute Gasteiger partial charge is 0.426 e. The molecule has 0 unspecified atom stereocenters. The number of amides is 1. The number of halogens is 2. The molecule has 0 bridgehead atoms. The summed E-state index contributed by atoms with van der Waals surface area (Å²) in [4.78, 5) is 23.9. The molecule has 8 heteroatoms. The molecular formula is C16H22BCl2NO4. The summed E-state index contributed by atoms with van der Waals surface area (Å²) in [6.07, 6.45) is 0.573. The number of rotatable bonds is 9. The number of benzene rings is 1. The van der Waals surface area contributed by atoms with Crippen molar-refractivity contribution in [1.29, 1.82) is 0 Å². The Balaban J connectivity index is 2.48. The van der Waals surface area contributed by atoms with Crippen molar-refractivity contribution in [2.75, 3.05) is 0 Å². The molecule has 0 aliphatic heterocycles. The van der Waals surface area contributed by atoms with Crippen molar-refractivity contribution in [2.24, 2.45) is 5.92 Å². The van der Waals surface area contributed by atoms with Gasteiger partial charge >= 0.3 is 7.12 Å². The van der Waals surface area contributed by atoms with Gasteiger partial charge in [0.25, 0.3) is 0 Å². The summed E-state index contributed by atoms with van der Waals surface area (Å²) < 4.78 is 0. The van der Waals surface area contributed by atoms with Crippen LogP contribution >= 0.6 is 23.2 Å². The van der Waals surface area contributed by atoms with Crippen LogP contribution in [0.5, 0.6) is 0 Å². The number of hydrogen-bond acceptors (Lipinski definition) is 4. The molecular weight excluding hydrogens is 352 g/mol. The first-order chi connectivity index (χ1) is 11.2. The summed E-state index contributed by atoms with van der Waals surface area (Å²) >= 11 is 11.9. The van der Waals surface area contributed by atoms with E-state index in [0.29, 0.717) is 22.0 Å². The van der Waals surface area contributed by atoms with Gasteiger partial charge in [-0.2, -0.15) is 0 Å². The van der Waals surface area contributed by atoms with E-state index < -0.39 is 13.1 Å². The minimum absolute atomic E-state index is 0.0155. The number of nitrogens with one attached hydrogen (secondary N) is 1. The summed E-state index contributed by atoms with van der Waals surface area (Å²) in [6.45, 7) is 3.83. The lowest BCUT2D eigenvalue weighted by Gasteiger charge is -2.19. The highest BCUT2D eigenvalue weighted by Gasteiger charge is 2.26. The quantitative estimate of drug-likeness (QED) is 0.580. The normalized spacial score (nSPS) is 12.1. The lowest BCUT2D eigenvalue weighted by atomic mass is 9.75. The molecule has 0 aliphatic carbocycles. The molecule has 0 heterocycles. The number of carbonyl (C=O) groups excluding carboxylic acids is 2. The molecule has 3 N–H and O–H groups in total. The minimum Gasteiger partial charge on any atom is -0.426 e. The second kappa shape index (κ2) is 10.0. The Labute approximate surface area is 152 Å². The standard InChI is InChI=1S/C16H22BCl2NO4/c1-10(2)7-15(17(23)24)20-16(22)6-4-13(21)9-11-8-12(18)3-5-14(11)19/h3,5,8,10,15,23-24H,4,6-7,9H2,1-2H3,(H,20,22)/t15-/m0/s1. The van der Waals surface area contributed by atoms with E-state index in [0.717, 1.165) is 0 Å². The molecule has 1 aromatic carbocycles. The summed E-state index contributed by atoms with van der Waals surface area (Å²) in [5, 5.41) is 22.1. The molecule has 0 fully saturated rings. The van der Waals surface area contributed by atoms with Crippen molar-refractivity contribution < 1.29 is 19.6 Å². The monoisotopic (exact) mass is 373 g/mol. The van der Waals surface area contributed by atoms with E-state index >= 15 is 0 Å². The molecule has 0 saturated heterocycles. The third-order valence-electron chi connectivity index (χ3n) is 3.46. The fourth-order valence-electron chi connectivity index (χ4n) is 2.27. The van der Waals surface area contributed by atoms with Crippen molar-refractivity contribution >= 4 is 42.0 Å². The number of carbonyl (C=O) groups is 2. The van der Waals surface area contributed by atoms with Gasteiger partial charge in [-0.3, -0.25) is 9.59 Å². The first-order valence-corrected chi connectivity index (χ1v) is 8.55. The predicted octanol–water partition coefficient (Wildman–Crippen LogP) is 2.43. The van der Waals surface area contributed by atoms with Crippen molar-refractivity contribution in [3.05, 3.63) is 33.8 Å². The van der Waals surface area contributed by atoms with Crippen LogP contribution in [0.2, 0.25) is 10.0 Å². The Bertz CT molecular complexity index is 581. The van der Waals surface area contributed by atoms with E-state index in [1.165, 1.54) is 0 Å². The van der Waals surface area contributed by atoms with Crippen LogP contribution in [0.4, 0.5) is 0 Å². The van der Waals surface area contributed by atoms with Crippen LogP contribution in [0.15, 0.2) is 18.2 Å². The molecule has 1 aromatic rings. The van der Waals surface area contributed by atoms with Crippen LogP contribution in [0.3, 0.4) is 0 Å². The fraction of sp³-hybridized carbons (Fsp3) is 0.500. The van der Waals surface area contributed by atoms with Crippen molar-refractivity contribution in [1.82, 2.24) is 5.32 Å². The summed E-state index contributed by atoms with van der Waals surface area (Å²) in [5.74, 6) is -1.07. The third kappa shape index (κ3) is 7.66. The van der Waals surface area contributed by atoms with E-state index in [4.69, 9.17) is 23.2 Å². The van der Waals surface area contributed by atoms with Crippen LogP contribution in [-0.2, 0) is 16.0 Å². The molecule has 132 valence electrons. The Morgan fingerprint density at radius 1 is 1.21 bits per heavy atom. The van der Waals surface area contributed by atoms with E-state index in [2.05, 4.69) is 5.32 Å². The van der Waals surface area contributed by atoms with Gasteiger partial charge in [0.1, 0.15) is 5.78 Å². The van der Waals surface area contributed by atoms with Gasteiger partial charge in [0, 0.05) is 29.3 Å². The predicted molar refractivity (Wildman–Crippen MR) is 96.0 cm³/mol. The Morgan fingerprint density at radius 2 is 1.88 bits per heavy atom. The summed E-state index contributed by atoms with van der Waals surface area (Å²) in [6, 6.07) is 4.89. The molecule has 0 spiro atoms. The van der Waals surface area contributed by atoms with Gasteiger partial charge in [-0.1, -0.05) is 37.0 Å². The third-order valence-corrected chi connectivity index (χ3v) is 4.06. The molecule has 0 aromatic heterocycles. The van der Waals surface area contributed by atoms with Gasteiger partial charge < -0.3 is 15.4 Å². The van der Waals surface area contributed by atoms with Gasteiger partial charge in [-0.15, -0.1) is 0 Å². The topological polar surface area (TPSA) is 86.6 Å². The molecule has 5 nitrogen and oxygen atoms in total. The van der Waals surface area contributed by atoms with Crippen molar-refractivity contribution in [3.63, 3.8) is 0 Å². The van der Waals surface area contributed by atoms with Crippen molar-refractivity contribution in [3.8, 4) is 0 Å².